The summed E-state index contributed by atoms with van der Waals surface area (Å²) in [5.74, 6) is -6.78. The maximum atomic E-state index is 13.3. The molecule has 0 saturated heterocycles. The average Bonchev–Trinajstić information content (AvgIpc) is 2.72. The van der Waals surface area contributed by atoms with Crippen LogP contribution >= 0.6 is 0 Å². The van der Waals surface area contributed by atoms with Gasteiger partial charge in [-0.15, -0.1) is 0 Å². The number of anilines is 1. The van der Waals surface area contributed by atoms with Crippen LogP contribution in [0.25, 0.3) is 0 Å². The van der Waals surface area contributed by atoms with Crippen molar-refractivity contribution in [3.63, 3.8) is 0 Å². The van der Waals surface area contributed by atoms with E-state index in [-0.39, 0.29) is 36.1 Å². The monoisotopic (exact) mass is 446 g/mol. The summed E-state index contributed by atoms with van der Waals surface area (Å²) in [5, 5.41) is 45.6. The van der Waals surface area contributed by atoms with Gasteiger partial charge in [-0.25, -0.2) is 4.39 Å². The Morgan fingerprint density at radius 2 is 1.97 bits per heavy atom. The summed E-state index contributed by atoms with van der Waals surface area (Å²) in [6.07, 6.45) is -0.0970. The second-order valence-electron chi connectivity index (χ2n) is 8.60. The second kappa shape index (κ2) is 7.33. The van der Waals surface area contributed by atoms with Gasteiger partial charge in [-0.3, -0.25) is 14.4 Å². The summed E-state index contributed by atoms with van der Waals surface area (Å²) in [7, 11) is 0. The number of aromatic hydroxyl groups is 1. The van der Waals surface area contributed by atoms with Crippen molar-refractivity contribution in [3.05, 3.63) is 45.9 Å². The molecule has 0 aromatic heterocycles. The van der Waals surface area contributed by atoms with E-state index in [4.69, 9.17) is 5.73 Å². The minimum Gasteiger partial charge on any atom is -0.511 e. The summed E-state index contributed by atoms with van der Waals surface area (Å²) in [6.45, 7) is 0.949. The van der Waals surface area contributed by atoms with Crippen molar-refractivity contribution in [1.29, 1.82) is 0 Å². The third-order valence-corrected chi connectivity index (χ3v) is 6.58. The van der Waals surface area contributed by atoms with E-state index in [1.54, 1.807) is 6.92 Å². The molecule has 7 N–H and O–H groups in total. The molecule has 0 aliphatic heterocycles. The number of carbonyl (C=O) groups is 3. The van der Waals surface area contributed by atoms with Crippen LogP contribution in [0, 0.1) is 11.8 Å². The van der Waals surface area contributed by atoms with Gasteiger partial charge in [0.2, 0.25) is 5.78 Å². The molecule has 0 heterocycles. The first-order valence-corrected chi connectivity index (χ1v) is 10.2. The molecule has 0 spiro atoms. The number of carbonyl (C=O) groups excluding carboxylic acids is 3. The Labute approximate surface area is 182 Å². The SMILES string of the molecule is CC(CF)Nc1ccc(O)c2c1C[C@H]1C[C@H]3CC(O)=C(C(N)=O)C(=O)[C@@]3(O)C(O)=C1C2=O. The van der Waals surface area contributed by atoms with Gasteiger partial charge in [0, 0.05) is 23.6 Å². The Kier molecular flexibility index (Phi) is 5.00. The van der Waals surface area contributed by atoms with E-state index >= 15 is 0 Å². The molecule has 1 aromatic rings. The minimum atomic E-state index is -2.59. The zero-order valence-electron chi connectivity index (χ0n) is 17.2. The fourth-order valence-corrected chi connectivity index (χ4v) is 5.06. The zero-order valence-corrected chi connectivity index (χ0v) is 17.2. The number of rotatable bonds is 4. The van der Waals surface area contributed by atoms with Crippen molar-refractivity contribution in [2.45, 2.75) is 37.8 Å². The van der Waals surface area contributed by atoms with Crippen LogP contribution in [-0.2, 0) is 16.0 Å². The summed E-state index contributed by atoms with van der Waals surface area (Å²) in [5.41, 5.74) is 2.29. The van der Waals surface area contributed by atoms with Crippen molar-refractivity contribution in [2.24, 2.45) is 17.6 Å². The van der Waals surface area contributed by atoms with Gasteiger partial charge in [-0.1, -0.05) is 0 Å². The third-order valence-electron chi connectivity index (χ3n) is 6.58. The zero-order chi connectivity index (χ0) is 23.5. The number of primary amides is 1. The number of aliphatic hydroxyl groups is 3. The van der Waals surface area contributed by atoms with Crippen LogP contribution < -0.4 is 11.1 Å². The van der Waals surface area contributed by atoms with Crippen LogP contribution in [0.3, 0.4) is 0 Å². The molecule has 0 fully saturated rings. The predicted molar refractivity (Wildman–Crippen MR) is 110 cm³/mol. The maximum Gasteiger partial charge on any atom is 0.255 e. The Morgan fingerprint density at radius 3 is 2.59 bits per heavy atom. The Hall–Kier alpha value is -3.40. The normalized spacial score (nSPS) is 28.1. The number of fused-ring (bicyclic) bond motifs is 3. The molecular formula is C22H23FN2O7. The summed E-state index contributed by atoms with van der Waals surface area (Å²) < 4.78 is 13.0. The number of hydrogen-bond donors (Lipinski definition) is 6. The third kappa shape index (κ3) is 2.89. The fourth-order valence-electron chi connectivity index (χ4n) is 5.06. The van der Waals surface area contributed by atoms with Gasteiger partial charge in [-0.2, -0.15) is 0 Å². The molecule has 0 bridgehead atoms. The van der Waals surface area contributed by atoms with Gasteiger partial charge < -0.3 is 31.5 Å². The first kappa shape index (κ1) is 21.8. The largest absolute Gasteiger partial charge is 0.511 e. The first-order chi connectivity index (χ1) is 15.0. The number of benzene rings is 1. The van der Waals surface area contributed by atoms with E-state index in [0.29, 0.717) is 11.3 Å². The molecule has 32 heavy (non-hydrogen) atoms. The number of aliphatic hydroxyl groups excluding tert-OH is 2. The molecule has 10 heteroatoms. The van der Waals surface area contributed by atoms with Gasteiger partial charge in [0.05, 0.1) is 11.6 Å². The molecular weight excluding hydrogens is 423 g/mol. The molecule has 1 unspecified atom stereocenters. The van der Waals surface area contributed by atoms with Crippen LogP contribution in [0.15, 0.2) is 34.8 Å². The van der Waals surface area contributed by atoms with E-state index in [9.17, 15) is 39.2 Å². The summed E-state index contributed by atoms with van der Waals surface area (Å²) in [4.78, 5) is 37.9. The Balaban J connectivity index is 1.86. The predicted octanol–water partition coefficient (Wildman–Crippen LogP) is 1.35. The number of amides is 1. The highest BCUT2D eigenvalue weighted by molar-refractivity contribution is 6.24. The highest BCUT2D eigenvalue weighted by Gasteiger charge is 2.59. The summed E-state index contributed by atoms with van der Waals surface area (Å²) >= 11 is 0. The summed E-state index contributed by atoms with van der Waals surface area (Å²) in [6, 6.07) is 2.24. The van der Waals surface area contributed by atoms with Crippen LogP contribution in [-0.4, -0.2) is 56.2 Å². The smallest absolute Gasteiger partial charge is 0.255 e. The fraction of sp³-hybridized carbons (Fsp3) is 0.409. The first-order valence-electron chi connectivity index (χ1n) is 10.2. The highest BCUT2D eigenvalue weighted by atomic mass is 19.1. The Bertz CT molecular complexity index is 1130. The van der Waals surface area contributed by atoms with Gasteiger partial charge in [0.25, 0.3) is 5.91 Å². The molecule has 4 rings (SSSR count). The molecule has 3 aliphatic rings. The molecule has 170 valence electrons. The van der Waals surface area contributed by atoms with Crippen LogP contribution in [0.1, 0.15) is 35.7 Å². The van der Waals surface area contributed by atoms with E-state index < -0.39 is 64.7 Å². The standard InChI is InChI=1S/C22H23FN2O7/c1-8(7-23)25-12-2-3-13(26)16-11(12)5-9-4-10-6-14(27)17(21(24)31)20(30)22(10,32)19(29)15(9)18(16)28/h2-3,8-10,25-27,29,32H,4-7H2,1H3,(H2,24,31)/t8?,9-,10+,22+/m1/s1. The Morgan fingerprint density at radius 1 is 1.28 bits per heavy atom. The molecule has 1 amide bonds. The molecule has 0 saturated carbocycles. The topological polar surface area (TPSA) is 170 Å². The number of hydrogen-bond acceptors (Lipinski definition) is 8. The number of allylic oxidation sites excluding steroid dienone is 2. The number of ketones is 2. The molecule has 4 atom stereocenters. The molecule has 0 radical (unpaired) electrons. The number of halogens is 1. The van der Waals surface area contributed by atoms with Gasteiger partial charge in [-0.05, 0) is 43.4 Å². The van der Waals surface area contributed by atoms with Crippen molar-refractivity contribution < 1.29 is 39.2 Å². The van der Waals surface area contributed by atoms with E-state index in [1.165, 1.54) is 12.1 Å². The number of phenols is 1. The lowest BCUT2D eigenvalue weighted by atomic mass is 9.60. The van der Waals surface area contributed by atoms with Gasteiger partial charge in [0.15, 0.2) is 11.4 Å². The number of nitrogens with one attached hydrogen (secondary N) is 1. The average molecular weight is 446 g/mol. The number of phenolic OH excluding ortho intramolecular Hbond substituents is 1. The highest BCUT2D eigenvalue weighted by Crippen LogP contribution is 2.52. The lowest BCUT2D eigenvalue weighted by molar-refractivity contribution is -0.144. The van der Waals surface area contributed by atoms with Gasteiger partial charge in [0.1, 0.15) is 29.5 Å². The van der Waals surface area contributed by atoms with E-state index in [2.05, 4.69) is 5.32 Å². The van der Waals surface area contributed by atoms with Crippen molar-refractivity contribution in [2.75, 3.05) is 12.0 Å². The van der Waals surface area contributed by atoms with Gasteiger partial charge >= 0.3 is 0 Å². The van der Waals surface area contributed by atoms with Crippen LogP contribution in [0.4, 0.5) is 10.1 Å². The molecule has 9 nitrogen and oxygen atoms in total. The van der Waals surface area contributed by atoms with E-state index in [1.807, 2.05) is 0 Å². The second-order valence-corrected chi connectivity index (χ2v) is 8.60. The number of Topliss-reactive ketones (excluding diaryl/α,β-unsaturated/α-hetero) is 2. The van der Waals surface area contributed by atoms with Crippen LogP contribution in [0.5, 0.6) is 5.75 Å². The van der Waals surface area contributed by atoms with Crippen molar-refractivity contribution in [1.82, 2.24) is 0 Å². The molecule has 3 aliphatic carbocycles. The van der Waals surface area contributed by atoms with E-state index in [0.717, 1.165) is 0 Å². The minimum absolute atomic E-state index is 0.0384. The quantitative estimate of drug-likeness (QED) is 0.297. The van der Waals surface area contributed by atoms with Crippen molar-refractivity contribution in [3.8, 4) is 5.75 Å². The molecule has 1 aromatic carbocycles. The van der Waals surface area contributed by atoms with Crippen molar-refractivity contribution >= 4 is 23.2 Å². The number of alkyl halides is 1. The lowest BCUT2D eigenvalue weighted by Gasteiger charge is -2.45. The maximum absolute atomic E-state index is 13.3. The number of nitrogens with two attached hydrogens (primary N) is 1. The van der Waals surface area contributed by atoms with Crippen LogP contribution in [0.2, 0.25) is 0 Å². The lowest BCUT2D eigenvalue weighted by Crippen LogP contribution is -2.57.